The van der Waals surface area contributed by atoms with Crippen molar-refractivity contribution in [2.24, 2.45) is 0 Å². The Labute approximate surface area is 128 Å². The summed E-state index contributed by atoms with van der Waals surface area (Å²) in [6, 6.07) is 19.1. The Bertz CT molecular complexity index is 496. The molecule has 0 spiro atoms. The Morgan fingerprint density at radius 2 is 1.79 bits per heavy atom. The molecule has 2 aromatic carbocycles. The van der Waals surface area contributed by atoms with Crippen molar-refractivity contribution in [2.75, 3.05) is 5.88 Å². The summed E-state index contributed by atoms with van der Waals surface area (Å²) in [4.78, 5) is 0. The molecular formula is C17H18BrCl. The highest BCUT2D eigenvalue weighted by Crippen LogP contribution is 2.26. The van der Waals surface area contributed by atoms with Gasteiger partial charge in [-0.15, -0.1) is 11.6 Å². The molecule has 0 bridgehead atoms. The Kier molecular flexibility index (Phi) is 5.93. The molecule has 19 heavy (non-hydrogen) atoms. The predicted molar refractivity (Wildman–Crippen MR) is 87.0 cm³/mol. The van der Waals surface area contributed by atoms with E-state index >= 15 is 0 Å². The van der Waals surface area contributed by atoms with Crippen molar-refractivity contribution in [2.45, 2.75) is 25.2 Å². The van der Waals surface area contributed by atoms with Gasteiger partial charge < -0.3 is 0 Å². The molecule has 0 saturated heterocycles. The van der Waals surface area contributed by atoms with Gasteiger partial charge in [0.2, 0.25) is 0 Å². The van der Waals surface area contributed by atoms with Crippen LogP contribution in [0.3, 0.4) is 0 Å². The van der Waals surface area contributed by atoms with Gasteiger partial charge in [0.25, 0.3) is 0 Å². The molecule has 0 amide bonds. The lowest BCUT2D eigenvalue weighted by Gasteiger charge is -2.14. The number of aryl methyl sites for hydroxylation is 1. The van der Waals surface area contributed by atoms with E-state index in [2.05, 4.69) is 70.5 Å². The van der Waals surface area contributed by atoms with E-state index in [1.165, 1.54) is 17.5 Å². The average molecular weight is 338 g/mol. The van der Waals surface area contributed by atoms with Crippen molar-refractivity contribution >= 4 is 27.5 Å². The SMILES string of the molecule is ClCC(CCCc1ccccc1)c1cccc(Br)c1. The van der Waals surface area contributed by atoms with Gasteiger partial charge in [-0.1, -0.05) is 58.4 Å². The summed E-state index contributed by atoms with van der Waals surface area (Å²) in [6.45, 7) is 0. The maximum absolute atomic E-state index is 6.12. The summed E-state index contributed by atoms with van der Waals surface area (Å²) in [5, 5.41) is 0. The fourth-order valence-electron chi connectivity index (χ4n) is 2.29. The van der Waals surface area contributed by atoms with E-state index in [0.29, 0.717) is 11.8 Å². The highest BCUT2D eigenvalue weighted by Gasteiger charge is 2.10. The molecule has 100 valence electrons. The zero-order valence-corrected chi connectivity index (χ0v) is 13.2. The first-order valence-corrected chi connectivity index (χ1v) is 7.97. The van der Waals surface area contributed by atoms with Gasteiger partial charge >= 0.3 is 0 Å². The van der Waals surface area contributed by atoms with Crippen LogP contribution in [0.5, 0.6) is 0 Å². The summed E-state index contributed by atoms with van der Waals surface area (Å²) in [6.07, 6.45) is 3.44. The topological polar surface area (TPSA) is 0 Å². The highest BCUT2D eigenvalue weighted by molar-refractivity contribution is 9.10. The zero-order valence-electron chi connectivity index (χ0n) is 10.9. The van der Waals surface area contributed by atoms with Crippen LogP contribution >= 0.6 is 27.5 Å². The number of hydrogen-bond donors (Lipinski definition) is 0. The van der Waals surface area contributed by atoms with Crippen molar-refractivity contribution in [3.05, 3.63) is 70.2 Å². The third kappa shape index (κ3) is 4.67. The van der Waals surface area contributed by atoms with Crippen LogP contribution in [0.1, 0.15) is 29.9 Å². The molecule has 0 aliphatic carbocycles. The molecule has 1 unspecified atom stereocenters. The number of hydrogen-bond acceptors (Lipinski definition) is 0. The molecule has 0 N–H and O–H groups in total. The summed E-state index contributed by atoms with van der Waals surface area (Å²) in [5.74, 6) is 1.13. The molecule has 2 rings (SSSR count). The van der Waals surface area contributed by atoms with E-state index in [1.807, 2.05) is 0 Å². The summed E-state index contributed by atoms with van der Waals surface area (Å²) < 4.78 is 1.13. The van der Waals surface area contributed by atoms with Crippen LogP contribution in [-0.2, 0) is 6.42 Å². The van der Waals surface area contributed by atoms with Gasteiger partial charge in [0.1, 0.15) is 0 Å². The number of rotatable bonds is 6. The lowest BCUT2D eigenvalue weighted by molar-refractivity contribution is 0.638. The van der Waals surface area contributed by atoms with E-state index in [1.54, 1.807) is 0 Å². The Balaban J connectivity index is 1.89. The Hall–Kier alpha value is -0.790. The van der Waals surface area contributed by atoms with Gasteiger partial charge in [-0.05, 0) is 48.4 Å². The molecule has 0 heterocycles. The minimum Gasteiger partial charge on any atom is -0.126 e. The second kappa shape index (κ2) is 7.72. The first-order valence-electron chi connectivity index (χ1n) is 6.65. The van der Waals surface area contributed by atoms with Crippen LogP contribution < -0.4 is 0 Å². The Morgan fingerprint density at radius 3 is 2.47 bits per heavy atom. The minimum absolute atomic E-state index is 0.447. The highest BCUT2D eigenvalue weighted by atomic mass is 79.9. The number of halogens is 2. The number of benzene rings is 2. The maximum Gasteiger partial charge on any atom is 0.0292 e. The molecule has 2 heteroatoms. The molecule has 0 nitrogen and oxygen atoms in total. The largest absolute Gasteiger partial charge is 0.126 e. The molecular weight excluding hydrogens is 320 g/mol. The van der Waals surface area contributed by atoms with Crippen LogP contribution in [0.4, 0.5) is 0 Å². The normalized spacial score (nSPS) is 12.3. The fourth-order valence-corrected chi connectivity index (χ4v) is 3.04. The second-order valence-electron chi connectivity index (χ2n) is 4.78. The van der Waals surface area contributed by atoms with Crippen LogP contribution in [0.15, 0.2) is 59.1 Å². The zero-order chi connectivity index (χ0) is 13.5. The van der Waals surface area contributed by atoms with Crippen molar-refractivity contribution < 1.29 is 0 Å². The quantitative estimate of drug-likeness (QED) is 0.585. The minimum atomic E-state index is 0.447. The number of alkyl halides is 1. The van der Waals surface area contributed by atoms with E-state index in [9.17, 15) is 0 Å². The lowest BCUT2D eigenvalue weighted by atomic mass is 9.94. The Morgan fingerprint density at radius 1 is 1.00 bits per heavy atom. The molecule has 0 aliphatic rings. The molecule has 1 atom stereocenters. The van der Waals surface area contributed by atoms with Gasteiger partial charge in [0, 0.05) is 10.4 Å². The summed E-state index contributed by atoms with van der Waals surface area (Å²) >= 11 is 9.64. The molecule has 0 fully saturated rings. The third-order valence-electron chi connectivity index (χ3n) is 3.37. The third-order valence-corrected chi connectivity index (χ3v) is 4.23. The van der Waals surface area contributed by atoms with Crippen LogP contribution in [0.2, 0.25) is 0 Å². The lowest BCUT2D eigenvalue weighted by Crippen LogP contribution is -2.01. The van der Waals surface area contributed by atoms with E-state index < -0.39 is 0 Å². The van der Waals surface area contributed by atoms with Crippen LogP contribution in [-0.4, -0.2) is 5.88 Å². The summed E-state index contributed by atoms with van der Waals surface area (Å²) in [7, 11) is 0. The van der Waals surface area contributed by atoms with Gasteiger partial charge in [-0.2, -0.15) is 0 Å². The molecule has 0 radical (unpaired) electrons. The maximum atomic E-state index is 6.12. The first-order chi connectivity index (χ1) is 9.29. The van der Waals surface area contributed by atoms with Crippen molar-refractivity contribution in [3.8, 4) is 0 Å². The van der Waals surface area contributed by atoms with E-state index in [4.69, 9.17) is 11.6 Å². The molecule has 0 saturated carbocycles. The average Bonchev–Trinajstić information content (AvgIpc) is 2.45. The van der Waals surface area contributed by atoms with E-state index in [-0.39, 0.29) is 0 Å². The van der Waals surface area contributed by atoms with E-state index in [0.717, 1.165) is 17.3 Å². The molecule has 0 aromatic heterocycles. The first kappa shape index (κ1) is 14.6. The van der Waals surface area contributed by atoms with Crippen molar-refractivity contribution in [1.82, 2.24) is 0 Å². The van der Waals surface area contributed by atoms with Crippen molar-refractivity contribution in [1.29, 1.82) is 0 Å². The molecule has 0 aliphatic heterocycles. The molecule has 2 aromatic rings. The van der Waals surface area contributed by atoms with Crippen molar-refractivity contribution in [3.63, 3.8) is 0 Å². The van der Waals surface area contributed by atoms with Gasteiger partial charge in [-0.3, -0.25) is 0 Å². The predicted octanol–water partition coefficient (Wildman–Crippen LogP) is 5.79. The van der Waals surface area contributed by atoms with Crippen LogP contribution in [0.25, 0.3) is 0 Å². The van der Waals surface area contributed by atoms with Crippen LogP contribution in [0, 0.1) is 0 Å². The fraction of sp³-hybridized carbons (Fsp3) is 0.294. The standard InChI is InChI=1S/C17H18BrCl/c18-17-11-5-9-15(12-17)16(13-19)10-4-8-14-6-2-1-3-7-14/h1-3,5-7,9,11-12,16H,4,8,10,13H2. The summed E-state index contributed by atoms with van der Waals surface area (Å²) in [5.41, 5.74) is 2.74. The smallest absolute Gasteiger partial charge is 0.0292 e. The van der Waals surface area contributed by atoms with Gasteiger partial charge in [0.05, 0.1) is 0 Å². The monoisotopic (exact) mass is 336 g/mol. The van der Waals surface area contributed by atoms with Gasteiger partial charge in [0.15, 0.2) is 0 Å². The van der Waals surface area contributed by atoms with Gasteiger partial charge in [-0.25, -0.2) is 0 Å². The second-order valence-corrected chi connectivity index (χ2v) is 6.01.